The number of aliphatic hydroxyl groups excluding tert-OH is 1. The molecule has 1 fully saturated rings. The van der Waals surface area contributed by atoms with Gasteiger partial charge in [0.1, 0.15) is 11.7 Å². The van der Waals surface area contributed by atoms with Crippen molar-refractivity contribution in [2.45, 2.75) is 29.8 Å². The maximum absolute atomic E-state index is 12.9. The van der Waals surface area contributed by atoms with Crippen LogP contribution in [-0.4, -0.2) is 39.0 Å². The van der Waals surface area contributed by atoms with Gasteiger partial charge in [0.25, 0.3) is 0 Å². The zero-order valence-electron chi connectivity index (χ0n) is 13.8. The summed E-state index contributed by atoms with van der Waals surface area (Å²) in [6, 6.07) is 12.3. The molecular weight excluding hydrogens is 415 g/mol. The van der Waals surface area contributed by atoms with Gasteiger partial charge in [0.2, 0.25) is 0 Å². The number of ether oxygens (including phenoxy) is 1. The molecule has 0 saturated carbocycles. The third kappa shape index (κ3) is 3.76. The van der Waals surface area contributed by atoms with Gasteiger partial charge in [0.05, 0.1) is 5.02 Å². The van der Waals surface area contributed by atoms with Crippen molar-refractivity contribution in [2.75, 3.05) is 0 Å². The van der Waals surface area contributed by atoms with E-state index in [0.29, 0.717) is 0 Å². The second-order valence-electron chi connectivity index (χ2n) is 6.19. The summed E-state index contributed by atoms with van der Waals surface area (Å²) in [7, 11) is 0. The summed E-state index contributed by atoms with van der Waals surface area (Å²) < 4.78 is 5.30. The number of halogens is 3. The second kappa shape index (κ2) is 7.87. The van der Waals surface area contributed by atoms with Crippen LogP contribution in [0.5, 0.6) is 0 Å². The standard InChI is InChI=1S/C19H15Cl3O5/c20-12-7-3-1-5-10(12)15(23)16(24)18-19(26,9-14(22)27-18)17(25)11-6-2-4-8-13(11)21/h1-8,14-15,18,23,26H,9H2/t14-,15?,18+,19+/m0/s1. The van der Waals surface area contributed by atoms with Crippen molar-refractivity contribution in [3.63, 3.8) is 0 Å². The highest BCUT2D eigenvalue weighted by Gasteiger charge is 2.57. The molecule has 1 aliphatic heterocycles. The fourth-order valence-corrected chi connectivity index (χ4v) is 3.85. The molecule has 27 heavy (non-hydrogen) atoms. The van der Waals surface area contributed by atoms with Crippen LogP contribution in [0.4, 0.5) is 0 Å². The van der Waals surface area contributed by atoms with E-state index in [1.54, 1.807) is 24.3 Å². The molecule has 0 bridgehead atoms. The molecule has 1 saturated heterocycles. The number of aliphatic hydroxyl groups is 2. The molecule has 0 spiro atoms. The molecule has 142 valence electrons. The third-order valence-electron chi connectivity index (χ3n) is 4.43. The van der Waals surface area contributed by atoms with Gasteiger partial charge in [-0.1, -0.05) is 65.1 Å². The van der Waals surface area contributed by atoms with Crippen molar-refractivity contribution >= 4 is 46.4 Å². The van der Waals surface area contributed by atoms with E-state index >= 15 is 0 Å². The van der Waals surface area contributed by atoms with Gasteiger partial charge < -0.3 is 14.9 Å². The molecule has 1 heterocycles. The van der Waals surface area contributed by atoms with Gasteiger partial charge in [-0.25, -0.2) is 0 Å². The average Bonchev–Trinajstić information content (AvgIpc) is 2.96. The van der Waals surface area contributed by atoms with Gasteiger partial charge in [0.15, 0.2) is 23.3 Å². The van der Waals surface area contributed by atoms with Crippen LogP contribution in [0.2, 0.25) is 10.0 Å². The number of hydrogen-bond donors (Lipinski definition) is 2. The maximum atomic E-state index is 12.9. The molecule has 0 aliphatic carbocycles. The SMILES string of the molecule is O=C(C(O)c1ccccc1Cl)[C@H]1O[C@H](Cl)C[C@@]1(O)C(=O)c1ccccc1Cl. The van der Waals surface area contributed by atoms with Crippen LogP contribution in [-0.2, 0) is 9.53 Å². The van der Waals surface area contributed by atoms with Crippen LogP contribution in [0.1, 0.15) is 28.4 Å². The molecule has 4 atom stereocenters. The van der Waals surface area contributed by atoms with Crippen molar-refractivity contribution in [1.29, 1.82) is 0 Å². The maximum Gasteiger partial charge on any atom is 0.199 e. The van der Waals surface area contributed by atoms with E-state index in [2.05, 4.69) is 0 Å². The van der Waals surface area contributed by atoms with Gasteiger partial charge in [-0.05, 0) is 18.2 Å². The minimum absolute atomic E-state index is 0.0288. The molecular formula is C19H15Cl3O5. The Morgan fingerprint density at radius 3 is 2.30 bits per heavy atom. The van der Waals surface area contributed by atoms with Gasteiger partial charge >= 0.3 is 0 Å². The van der Waals surface area contributed by atoms with Crippen LogP contribution >= 0.6 is 34.8 Å². The Morgan fingerprint density at radius 2 is 1.67 bits per heavy atom. The highest BCUT2D eigenvalue weighted by atomic mass is 35.5. The van der Waals surface area contributed by atoms with E-state index in [1.165, 1.54) is 24.3 Å². The van der Waals surface area contributed by atoms with Crippen molar-refractivity contribution in [1.82, 2.24) is 0 Å². The molecule has 2 N–H and O–H groups in total. The molecule has 0 radical (unpaired) electrons. The predicted octanol–water partition coefficient (Wildman–Crippen LogP) is 3.56. The van der Waals surface area contributed by atoms with E-state index < -0.39 is 34.9 Å². The van der Waals surface area contributed by atoms with E-state index in [1.807, 2.05) is 0 Å². The Morgan fingerprint density at radius 1 is 1.07 bits per heavy atom. The summed E-state index contributed by atoms with van der Waals surface area (Å²) in [5.41, 5.74) is -3.19. The first-order valence-electron chi connectivity index (χ1n) is 8.03. The summed E-state index contributed by atoms with van der Waals surface area (Å²) in [6.45, 7) is 0. The number of alkyl halides is 1. The lowest BCUT2D eigenvalue weighted by atomic mass is 9.83. The molecule has 2 aromatic rings. The van der Waals surface area contributed by atoms with Gasteiger partial charge in [-0.3, -0.25) is 9.59 Å². The number of carbonyl (C=O) groups is 2. The quantitative estimate of drug-likeness (QED) is 0.561. The van der Waals surface area contributed by atoms with Crippen molar-refractivity contribution in [3.8, 4) is 0 Å². The van der Waals surface area contributed by atoms with Gasteiger partial charge in [0, 0.05) is 22.6 Å². The summed E-state index contributed by atoms with van der Waals surface area (Å²) in [5.74, 6) is -1.73. The minimum Gasteiger partial charge on any atom is -0.380 e. The lowest BCUT2D eigenvalue weighted by Crippen LogP contribution is -2.51. The highest BCUT2D eigenvalue weighted by Crippen LogP contribution is 2.39. The number of Topliss-reactive ketones (excluding diaryl/α,β-unsaturated/α-hetero) is 2. The Kier molecular flexibility index (Phi) is 5.91. The fraction of sp³-hybridized carbons (Fsp3) is 0.263. The molecule has 1 aliphatic rings. The van der Waals surface area contributed by atoms with E-state index in [-0.39, 0.29) is 27.6 Å². The largest absolute Gasteiger partial charge is 0.380 e. The van der Waals surface area contributed by atoms with Crippen LogP contribution in [0.3, 0.4) is 0 Å². The summed E-state index contributed by atoms with van der Waals surface area (Å²) in [6.07, 6.45) is -3.70. The molecule has 8 heteroatoms. The van der Waals surface area contributed by atoms with Gasteiger partial charge in [-0.15, -0.1) is 0 Å². The lowest BCUT2D eigenvalue weighted by Gasteiger charge is -2.27. The van der Waals surface area contributed by atoms with E-state index in [0.717, 1.165) is 0 Å². The minimum atomic E-state index is -2.27. The first-order valence-corrected chi connectivity index (χ1v) is 9.22. The number of benzene rings is 2. The first kappa shape index (κ1) is 20.3. The van der Waals surface area contributed by atoms with Crippen LogP contribution in [0.25, 0.3) is 0 Å². The monoisotopic (exact) mass is 428 g/mol. The van der Waals surface area contributed by atoms with E-state index in [4.69, 9.17) is 39.5 Å². The summed E-state index contributed by atoms with van der Waals surface area (Å²) in [4.78, 5) is 25.8. The zero-order chi connectivity index (χ0) is 19.8. The Balaban J connectivity index is 1.96. The zero-order valence-corrected chi connectivity index (χ0v) is 16.1. The Labute approximate surface area is 170 Å². The van der Waals surface area contributed by atoms with Crippen LogP contribution < -0.4 is 0 Å². The lowest BCUT2D eigenvalue weighted by molar-refractivity contribution is -0.144. The molecule has 2 aromatic carbocycles. The molecule has 5 nitrogen and oxygen atoms in total. The number of hydrogen-bond acceptors (Lipinski definition) is 5. The molecule has 0 aromatic heterocycles. The van der Waals surface area contributed by atoms with Crippen molar-refractivity contribution < 1.29 is 24.5 Å². The normalized spacial score (nSPS) is 26.0. The van der Waals surface area contributed by atoms with Crippen molar-refractivity contribution in [2.24, 2.45) is 0 Å². The van der Waals surface area contributed by atoms with Gasteiger partial charge in [-0.2, -0.15) is 0 Å². The Hall–Kier alpha value is -1.47. The molecule has 1 unspecified atom stereocenters. The number of ketones is 2. The fourth-order valence-electron chi connectivity index (χ4n) is 3.05. The highest BCUT2D eigenvalue weighted by molar-refractivity contribution is 6.34. The van der Waals surface area contributed by atoms with E-state index in [9.17, 15) is 19.8 Å². The topological polar surface area (TPSA) is 83.8 Å². The third-order valence-corrected chi connectivity index (χ3v) is 5.36. The summed E-state index contributed by atoms with van der Waals surface area (Å²) >= 11 is 18.0. The first-order chi connectivity index (χ1) is 12.8. The van der Waals surface area contributed by atoms with Crippen LogP contribution in [0, 0.1) is 0 Å². The smallest absolute Gasteiger partial charge is 0.199 e. The predicted molar refractivity (Wildman–Crippen MR) is 101 cm³/mol. The Bertz CT molecular complexity index is 887. The number of rotatable bonds is 5. The molecule has 0 amide bonds. The number of carbonyl (C=O) groups excluding carboxylic acids is 2. The second-order valence-corrected chi connectivity index (χ2v) is 7.49. The van der Waals surface area contributed by atoms with Crippen molar-refractivity contribution in [3.05, 3.63) is 69.7 Å². The average molecular weight is 430 g/mol. The summed E-state index contributed by atoms with van der Waals surface area (Å²) in [5, 5.41) is 21.8. The molecule has 3 rings (SSSR count). The van der Waals surface area contributed by atoms with Crippen LogP contribution in [0.15, 0.2) is 48.5 Å².